The summed E-state index contributed by atoms with van der Waals surface area (Å²) < 4.78 is 6.99. The average Bonchev–Trinajstić information content (AvgIpc) is 3.27. The predicted octanol–water partition coefficient (Wildman–Crippen LogP) is 2.79. The molecular weight excluding hydrogens is 434 g/mol. The number of ether oxygens (including phenoxy) is 1. The zero-order chi connectivity index (χ0) is 22.5. The lowest BCUT2D eigenvalue weighted by molar-refractivity contribution is -0.384. The number of anilines is 1. The second-order valence-corrected chi connectivity index (χ2v) is 7.94. The number of non-ortho nitro benzene ring substituents is 1. The minimum atomic E-state index is -0.383. The Morgan fingerprint density at radius 3 is 2.41 bits per heavy atom. The van der Waals surface area contributed by atoms with Gasteiger partial charge in [-0.05, 0) is 40.3 Å². The van der Waals surface area contributed by atoms with Crippen LogP contribution in [0.5, 0.6) is 0 Å². The summed E-state index contributed by atoms with van der Waals surface area (Å²) >= 11 is 6.12. The molecule has 0 radical (unpaired) electrons. The maximum absolute atomic E-state index is 10.9. The Hall–Kier alpha value is -3.08. The molecule has 1 aliphatic heterocycles. The molecule has 0 bridgehead atoms. The van der Waals surface area contributed by atoms with Gasteiger partial charge in [0.25, 0.3) is 5.69 Å². The Bertz CT molecular complexity index is 1030. The van der Waals surface area contributed by atoms with Crippen molar-refractivity contribution in [2.24, 2.45) is 0 Å². The number of hydrogen-bond acceptors (Lipinski definition) is 8. The topological polar surface area (TPSA) is 102 Å². The maximum Gasteiger partial charge on any atom is 0.269 e. The van der Waals surface area contributed by atoms with E-state index >= 15 is 0 Å². The number of tetrazole rings is 1. The number of nitro benzene ring substituents is 1. The summed E-state index contributed by atoms with van der Waals surface area (Å²) in [5.41, 5.74) is 2.13. The van der Waals surface area contributed by atoms with Crippen LogP contribution in [0.25, 0.3) is 0 Å². The lowest BCUT2D eigenvalue weighted by Crippen LogP contribution is -2.48. The van der Waals surface area contributed by atoms with Gasteiger partial charge in [-0.2, -0.15) is 0 Å². The molecule has 1 atom stereocenters. The van der Waals surface area contributed by atoms with Crippen LogP contribution >= 0.6 is 11.6 Å². The van der Waals surface area contributed by atoms with Crippen molar-refractivity contribution >= 4 is 23.0 Å². The first-order valence-corrected chi connectivity index (χ1v) is 10.7. The highest BCUT2D eigenvalue weighted by Gasteiger charge is 2.30. The van der Waals surface area contributed by atoms with Crippen LogP contribution in [0.15, 0.2) is 48.5 Å². The number of piperazine rings is 1. The van der Waals surface area contributed by atoms with Crippen LogP contribution < -0.4 is 4.90 Å². The highest BCUT2D eigenvalue weighted by Crippen LogP contribution is 2.30. The van der Waals surface area contributed by atoms with Crippen molar-refractivity contribution in [3.8, 4) is 0 Å². The van der Waals surface area contributed by atoms with Crippen molar-refractivity contribution in [2.45, 2.75) is 12.6 Å². The highest BCUT2D eigenvalue weighted by molar-refractivity contribution is 6.30. The number of rotatable bonds is 8. The van der Waals surface area contributed by atoms with Crippen molar-refractivity contribution in [2.75, 3.05) is 44.8 Å². The average molecular weight is 458 g/mol. The smallest absolute Gasteiger partial charge is 0.269 e. The number of halogens is 1. The zero-order valence-corrected chi connectivity index (χ0v) is 18.4. The molecule has 2 heterocycles. The van der Waals surface area contributed by atoms with Crippen molar-refractivity contribution in [1.82, 2.24) is 25.1 Å². The molecule has 0 spiro atoms. The van der Waals surface area contributed by atoms with Crippen LogP contribution in [0.3, 0.4) is 0 Å². The lowest BCUT2D eigenvalue weighted by atomic mass is 10.0. The molecule has 10 nitrogen and oxygen atoms in total. The molecule has 1 saturated heterocycles. The van der Waals surface area contributed by atoms with E-state index in [1.165, 1.54) is 0 Å². The van der Waals surface area contributed by atoms with Crippen LogP contribution in [0.2, 0.25) is 5.02 Å². The van der Waals surface area contributed by atoms with Crippen LogP contribution in [-0.2, 0) is 11.3 Å². The molecule has 168 valence electrons. The molecule has 1 fully saturated rings. The number of aromatic nitrogens is 4. The van der Waals surface area contributed by atoms with Crippen molar-refractivity contribution < 1.29 is 9.66 Å². The summed E-state index contributed by atoms with van der Waals surface area (Å²) in [4.78, 5) is 15.1. The van der Waals surface area contributed by atoms with E-state index in [0.29, 0.717) is 18.2 Å². The Morgan fingerprint density at radius 2 is 1.78 bits per heavy atom. The monoisotopic (exact) mass is 457 g/mol. The number of hydrogen-bond donors (Lipinski definition) is 0. The molecule has 1 aromatic heterocycles. The van der Waals surface area contributed by atoms with Gasteiger partial charge in [-0.3, -0.25) is 15.0 Å². The molecule has 0 unspecified atom stereocenters. The first-order valence-electron chi connectivity index (χ1n) is 10.3. The van der Waals surface area contributed by atoms with Gasteiger partial charge < -0.3 is 9.64 Å². The van der Waals surface area contributed by atoms with Crippen LogP contribution in [0.1, 0.15) is 17.4 Å². The SMILES string of the molecule is COCCn1nnnc1[C@H](c1ccc(Cl)cc1)N1CCN(c2ccc([N+](=O)[O-])cc2)CC1. The van der Waals surface area contributed by atoms with E-state index in [2.05, 4.69) is 25.3 Å². The fraction of sp³-hybridized carbons (Fsp3) is 0.381. The van der Waals surface area contributed by atoms with Crippen molar-refractivity contribution in [1.29, 1.82) is 0 Å². The van der Waals surface area contributed by atoms with Gasteiger partial charge in [-0.25, -0.2) is 4.68 Å². The number of nitro groups is 1. The van der Waals surface area contributed by atoms with E-state index in [4.69, 9.17) is 16.3 Å². The van der Waals surface area contributed by atoms with Gasteiger partial charge in [0, 0.05) is 56.1 Å². The molecule has 0 saturated carbocycles. The van der Waals surface area contributed by atoms with Gasteiger partial charge in [0.05, 0.1) is 24.1 Å². The minimum Gasteiger partial charge on any atom is -0.383 e. The largest absolute Gasteiger partial charge is 0.383 e. The summed E-state index contributed by atoms with van der Waals surface area (Å²) in [6.45, 7) is 4.19. The van der Waals surface area contributed by atoms with Gasteiger partial charge in [-0.1, -0.05) is 23.7 Å². The third-order valence-electron chi connectivity index (χ3n) is 5.60. The molecule has 0 N–H and O–H groups in total. The second kappa shape index (κ2) is 10.0. The quantitative estimate of drug-likeness (QED) is 0.376. The third-order valence-corrected chi connectivity index (χ3v) is 5.85. The Labute approximate surface area is 190 Å². The Balaban J connectivity index is 1.54. The molecular formula is C21H24ClN7O3. The third kappa shape index (κ3) is 4.87. The molecule has 0 aliphatic carbocycles. The van der Waals surface area contributed by atoms with Crippen molar-refractivity contribution in [3.05, 3.63) is 75.1 Å². The van der Waals surface area contributed by atoms with E-state index in [1.807, 2.05) is 24.3 Å². The minimum absolute atomic E-state index is 0.0954. The first kappa shape index (κ1) is 22.1. The molecule has 1 aliphatic rings. The van der Waals surface area contributed by atoms with Gasteiger partial charge in [0.15, 0.2) is 5.82 Å². The van der Waals surface area contributed by atoms with Gasteiger partial charge in [0.1, 0.15) is 0 Å². The second-order valence-electron chi connectivity index (χ2n) is 7.50. The maximum atomic E-state index is 10.9. The lowest BCUT2D eigenvalue weighted by Gasteiger charge is -2.39. The summed E-state index contributed by atoms with van der Waals surface area (Å²) in [6.07, 6.45) is 0. The van der Waals surface area contributed by atoms with E-state index in [0.717, 1.165) is 43.3 Å². The summed E-state index contributed by atoms with van der Waals surface area (Å²) in [5, 5.41) is 24.0. The van der Waals surface area contributed by atoms with E-state index in [-0.39, 0.29) is 16.7 Å². The zero-order valence-electron chi connectivity index (χ0n) is 17.7. The molecule has 32 heavy (non-hydrogen) atoms. The van der Waals surface area contributed by atoms with Crippen LogP contribution in [-0.4, -0.2) is 69.9 Å². The molecule has 2 aromatic carbocycles. The highest BCUT2D eigenvalue weighted by atomic mass is 35.5. The van der Waals surface area contributed by atoms with E-state index in [9.17, 15) is 10.1 Å². The summed E-state index contributed by atoms with van der Waals surface area (Å²) in [5.74, 6) is 0.758. The van der Waals surface area contributed by atoms with E-state index in [1.54, 1.807) is 36.1 Å². The molecule has 0 amide bonds. The van der Waals surface area contributed by atoms with Crippen LogP contribution in [0, 0.1) is 10.1 Å². The normalized spacial score (nSPS) is 15.6. The van der Waals surface area contributed by atoms with Gasteiger partial charge in [0.2, 0.25) is 0 Å². The fourth-order valence-corrected chi connectivity index (χ4v) is 4.06. The number of nitrogens with zero attached hydrogens (tertiary/aromatic N) is 7. The summed E-state index contributed by atoms with van der Waals surface area (Å²) in [7, 11) is 1.65. The molecule has 4 rings (SSSR count). The number of methoxy groups -OCH3 is 1. The Morgan fingerprint density at radius 1 is 1.09 bits per heavy atom. The van der Waals surface area contributed by atoms with Crippen molar-refractivity contribution in [3.63, 3.8) is 0 Å². The van der Waals surface area contributed by atoms with Gasteiger partial charge >= 0.3 is 0 Å². The molecule has 11 heteroatoms. The molecule has 3 aromatic rings. The first-order chi connectivity index (χ1) is 15.6. The number of benzene rings is 2. The fourth-order valence-electron chi connectivity index (χ4n) is 3.94. The van der Waals surface area contributed by atoms with Gasteiger partial charge in [-0.15, -0.1) is 5.10 Å². The van der Waals surface area contributed by atoms with Crippen LogP contribution in [0.4, 0.5) is 11.4 Å². The van der Waals surface area contributed by atoms with E-state index < -0.39 is 0 Å². The summed E-state index contributed by atoms with van der Waals surface area (Å²) in [6, 6.07) is 14.3. The standard InChI is InChI=1S/C21H24ClN7O3/c1-32-15-14-28-21(23-24-25-28)20(16-2-4-17(22)5-3-16)27-12-10-26(11-13-27)18-6-8-19(9-7-18)29(30)31/h2-9,20H,10-15H2,1H3/t20-/m0/s1. The predicted molar refractivity (Wildman–Crippen MR) is 120 cm³/mol. The Kier molecular flexibility index (Phi) is 6.93.